The molecule has 7 heteroatoms. The molecule has 0 bridgehead atoms. The van der Waals surface area contributed by atoms with Crippen LogP contribution in [0.2, 0.25) is 0 Å². The molecule has 1 aromatic carbocycles. The summed E-state index contributed by atoms with van der Waals surface area (Å²) in [6, 6.07) is 1.74. The molecule has 1 aromatic rings. The van der Waals surface area contributed by atoms with Gasteiger partial charge >= 0.3 is 0 Å². The van der Waals surface area contributed by atoms with Crippen LogP contribution in [0.5, 0.6) is 0 Å². The lowest BCUT2D eigenvalue weighted by Crippen LogP contribution is -2.31. The molecule has 0 fully saturated rings. The number of rotatable bonds is 5. The van der Waals surface area contributed by atoms with Gasteiger partial charge in [0, 0.05) is 13.6 Å². The molecule has 0 aliphatic carbocycles. The average Bonchev–Trinajstić information content (AvgIpc) is 2.35. The molecule has 0 amide bonds. The van der Waals surface area contributed by atoms with Gasteiger partial charge in [0.05, 0.1) is 0 Å². The summed E-state index contributed by atoms with van der Waals surface area (Å²) >= 11 is 0. The third-order valence-corrected chi connectivity index (χ3v) is 4.89. The number of hydrogen-bond donors (Lipinski definition) is 1. The third kappa shape index (κ3) is 3.22. The molecule has 4 nitrogen and oxygen atoms in total. The zero-order chi connectivity index (χ0) is 14.8. The fourth-order valence-electron chi connectivity index (χ4n) is 1.58. The molecule has 108 valence electrons. The summed E-state index contributed by atoms with van der Waals surface area (Å²) in [6.07, 6.45) is 0.800. The number of benzene rings is 1. The van der Waals surface area contributed by atoms with E-state index in [0.29, 0.717) is 0 Å². The van der Waals surface area contributed by atoms with E-state index in [1.807, 2.05) is 13.8 Å². The molecule has 0 radical (unpaired) electrons. The first-order valence-electron chi connectivity index (χ1n) is 5.91. The number of nitrogens with zero attached hydrogens (tertiary/aromatic N) is 1. The SMILES string of the molecule is CCC(C)CN(C)S(=O)(=O)c1ccc(F)c(N)c1F. The van der Waals surface area contributed by atoms with Crippen molar-refractivity contribution in [1.82, 2.24) is 4.31 Å². The quantitative estimate of drug-likeness (QED) is 0.846. The van der Waals surface area contributed by atoms with E-state index in [4.69, 9.17) is 5.73 Å². The van der Waals surface area contributed by atoms with Gasteiger partial charge in [-0.3, -0.25) is 0 Å². The van der Waals surface area contributed by atoms with Crippen LogP contribution in [-0.4, -0.2) is 26.3 Å². The van der Waals surface area contributed by atoms with Gasteiger partial charge in [-0.1, -0.05) is 20.3 Å². The summed E-state index contributed by atoms with van der Waals surface area (Å²) in [5.41, 5.74) is 4.39. The molecule has 0 aromatic heterocycles. The van der Waals surface area contributed by atoms with Crippen molar-refractivity contribution in [3.05, 3.63) is 23.8 Å². The summed E-state index contributed by atoms with van der Waals surface area (Å²) in [5.74, 6) is -2.07. The summed E-state index contributed by atoms with van der Waals surface area (Å²) in [6.45, 7) is 4.08. The number of nitrogens with two attached hydrogens (primary N) is 1. The molecular formula is C12H18F2N2O2S. The Balaban J connectivity index is 3.17. The van der Waals surface area contributed by atoms with Gasteiger partial charge < -0.3 is 5.73 Å². The van der Waals surface area contributed by atoms with Crippen LogP contribution in [-0.2, 0) is 10.0 Å². The second-order valence-electron chi connectivity index (χ2n) is 4.57. The molecule has 1 atom stereocenters. The zero-order valence-electron chi connectivity index (χ0n) is 11.2. The summed E-state index contributed by atoms with van der Waals surface area (Å²) in [7, 11) is -2.64. The number of hydrogen-bond acceptors (Lipinski definition) is 3. The first-order chi connectivity index (χ1) is 8.71. The van der Waals surface area contributed by atoms with Crippen molar-refractivity contribution >= 4 is 15.7 Å². The van der Waals surface area contributed by atoms with Crippen LogP contribution < -0.4 is 5.73 Å². The minimum Gasteiger partial charge on any atom is -0.394 e. The summed E-state index contributed by atoms with van der Waals surface area (Å²) < 4.78 is 52.2. The largest absolute Gasteiger partial charge is 0.394 e. The van der Waals surface area contributed by atoms with E-state index in [1.54, 1.807) is 0 Å². The fraction of sp³-hybridized carbons (Fsp3) is 0.500. The van der Waals surface area contributed by atoms with Gasteiger partial charge in [-0.2, -0.15) is 0 Å². The predicted molar refractivity (Wildman–Crippen MR) is 70.0 cm³/mol. The Morgan fingerprint density at radius 1 is 1.37 bits per heavy atom. The zero-order valence-corrected chi connectivity index (χ0v) is 12.0. The van der Waals surface area contributed by atoms with Crippen LogP contribution in [0.25, 0.3) is 0 Å². The Morgan fingerprint density at radius 3 is 2.47 bits per heavy atom. The fourth-order valence-corrected chi connectivity index (χ4v) is 2.95. The van der Waals surface area contributed by atoms with E-state index in [1.165, 1.54) is 7.05 Å². The summed E-state index contributed by atoms with van der Waals surface area (Å²) in [4.78, 5) is -0.600. The molecule has 0 spiro atoms. The maximum absolute atomic E-state index is 13.8. The van der Waals surface area contributed by atoms with E-state index in [0.717, 1.165) is 22.9 Å². The number of nitrogen functional groups attached to an aromatic ring is 1. The number of halogens is 2. The normalized spacial score (nSPS) is 13.8. The first kappa shape index (κ1) is 15.8. The van der Waals surface area contributed by atoms with Gasteiger partial charge in [-0.05, 0) is 18.1 Å². The van der Waals surface area contributed by atoms with Crippen molar-refractivity contribution in [2.24, 2.45) is 5.92 Å². The maximum Gasteiger partial charge on any atom is 0.245 e. The maximum atomic E-state index is 13.8. The van der Waals surface area contributed by atoms with Gasteiger partial charge in [0.15, 0.2) is 5.82 Å². The highest BCUT2D eigenvalue weighted by Gasteiger charge is 2.27. The molecule has 0 saturated heterocycles. The molecule has 19 heavy (non-hydrogen) atoms. The van der Waals surface area contributed by atoms with E-state index in [2.05, 4.69) is 0 Å². The molecule has 0 saturated carbocycles. The summed E-state index contributed by atoms with van der Waals surface area (Å²) in [5, 5.41) is 0. The second kappa shape index (κ2) is 5.83. The van der Waals surface area contributed by atoms with Gasteiger partial charge in [0.25, 0.3) is 0 Å². The topological polar surface area (TPSA) is 63.4 Å². The van der Waals surface area contributed by atoms with Gasteiger partial charge in [-0.15, -0.1) is 0 Å². The number of anilines is 1. The molecule has 1 unspecified atom stereocenters. The van der Waals surface area contributed by atoms with Gasteiger partial charge in [0.2, 0.25) is 10.0 Å². The van der Waals surface area contributed by atoms with Crippen molar-refractivity contribution in [3.63, 3.8) is 0 Å². The minimum atomic E-state index is -4.00. The second-order valence-corrected chi connectivity index (χ2v) is 6.59. The Hall–Kier alpha value is -1.21. The van der Waals surface area contributed by atoms with Crippen LogP contribution in [0.1, 0.15) is 20.3 Å². The van der Waals surface area contributed by atoms with Gasteiger partial charge in [0.1, 0.15) is 16.4 Å². The predicted octanol–water partition coefficient (Wildman–Crippen LogP) is 2.21. The van der Waals surface area contributed by atoms with Crippen molar-refractivity contribution in [2.75, 3.05) is 19.3 Å². The van der Waals surface area contributed by atoms with E-state index < -0.39 is 32.2 Å². The first-order valence-corrected chi connectivity index (χ1v) is 7.35. The Labute approximate surface area is 112 Å². The minimum absolute atomic E-state index is 0.139. The van der Waals surface area contributed by atoms with Crippen LogP contribution in [0.15, 0.2) is 17.0 Å². The Bertz CT molecular complexity index is 561. The Kier molecular flexibility index (Phi) is 4.86. The van der Waals surface area contributed by atoms with E-state index in [9.17, 15) is 17.2 Å². The highest BCUT2D eigenvalue weighted by molar-refractivity contribution is 7.89. The van der Waals surface area contributed by atoms with Crippen LogP contribution in [0.4, 0.5) is 14.5 Å². The Morgan fingerprint density at radius 2 is 1.95 bits per heavy atom. The van der Waals surface area contributed by atoms with Gasteiger partial charge in [-0.25, -0.2) is 21.5 Å². The smallest absolute Gasteiger partial charge is 0.245 e. The average molecular weight is 292 g/mol. The van der Waals surface area contributed by atoms with E-state index in [-0.39, 0.29) is 12.5 Å². The van der Waals surface area contributed by atoms with Crippen LogP contribution in [0, 0.1) is 17.6 Å². The van der Waals surface area contributed by atoms with Crippen molar-refractivity contribution < 1.29 is 17.2 Å². The molecular weight excluding hydrogens is 274 g/mol. The van der Waals surface area contributed by atoms with Crippen LogP contribution in [0.3, 0.4) is 0 Å². The monoisotopic (exact) mass is 292 g/mol. The van der Waals surface area contributed by atoms with Crippen molar-refractivity contribution in [3.8, 4) is 0 Å². The molecule has 1 rings (SSSR count). The molecule has 0 heterocycles. The van der Waals surface area contributed by atoms with Crippen molar-refractivity contribution in [2.45, 2.75) is 25.2 Å². The highest BCUT2D eigenvalue weighted by Crippen LogP contribution is 2.25. The molecule has 0 aliphatic heterocycles. The van der Waals surface area contributed by atoms with Crippen LogP contribution >= 0.6 is 0 Å². The lowest BCUT2D eigenvalue weighted by atomic mass is 10.1. The standard InChI is InChI=1S/C12H18F2N2O2S/c1-4-8(2)7-16(3)19(17,18)10-6-5-9(13)12(15)11(10)14/h5-6,8H,4,7,15H2,1-3H3. The highest BCUT2D eigenvalue weighted by atomic mass is 32.2. The molecule has 0 aliphatic rings. The van der Waals surface area contributed by atoms with E-state index >= 15 is 0 Å². The lowest BCUT2D eigenvalue weighted by Gasteiger charge is -2.21. The lowest BCUT2D eigenvalue weighted by molar-refractivity contribution is 0.391. The molecule has 2 N–H and O–H groups in total. The third-order valence-electron chi connectivity index (χ3n) is 3.05. The number of sulfonamides is 1. The van der Waals surface area contributed by atoms with Crippen molar-refractivity contribution in [1.29, 1.82) is 0 Å².